The maximum absolute atomic E-state index is 14.7. The molecule has 1 amide bonds. The summed E-state index contributed by atoms with van der Waals surface area (Å²) < 4.78 is 21.7. The number of ether oxygens (including phenoxy) is 1. The van der Waals surface area contributed by atoms with Gasteiger partial charge in [-0.25, -0.2) is 4.39 Å². The van der Waals surface area contributed by atoms with Crippen LogP contribution in [-0.4, -0.2) is 17.6 Å². The van der Waals surface area contributed by atoms with E-state index in [1.807, 2.05) is 67.6 Å². The highest BCUT2D eigenvalue weighted by Gasteiger charge is 2.21. The van der Waals surface area contributed by atoms with Crippen molar-refractivity contribution in [3.8, 4) is 22.7 Å². The maximum Gasteiger partial charge on any atom is 0.253 e. The number of hydrogen-bond donors (Lipinski definition) is 1. The van der Waals surface area contributed by atoms with E-state index < -0.39 is 0 Å². The van der Waals surface area contributed by atoms with E-state index in [0.717, 1.165) is 22.6 Å². The van der Waals surface area contributed by atoms with E-state index in [0.29, 0.717) is 23.5 Å². The predicted octanol–water partition coefficient (Wildman–Crippen LogP) is 5.53. The Hall–Kier alpha value is -3.86. The van der Waals surface area contributed by atoms with Crippen molar-refractivity contribution in [2.45, 2.75) is 13.5 Å². The molecular formula is C26H23FN2O2. The lowest BCUT2D eigenvalue weighted by molar-refractivity contribution is 0.0950. The van der Waals surface area contributed by atoms with Gasteiger partial charge in [-0.15, -0.1) is 0 Å². The Balaban J connectivity index is 1.76. The van der Waals surface area contributed by atoms with Crippen LogP contribution in [0.25, 0.3) is 16.9 Å². The smallest absolute Gasteiger partial charge is 0.253 e. The highest BCUT2D eigenvalue weighted by atomic mass is 19.1. The summed E-state index contributed by atoms with van der Waals surface area (Å²) in [4.78, 5) is 13.0. The lowest BCUT2D eigenvalue weighted by Crippen LogP contribution is -2.23. The minimum Gasteiger partial charge on any atom is -0.497 e. The van der Waals surface area contributed by atoms with Crippen LogP contribution in [0.4, 0.5) is 4.39 Å². The Morgan fingerprint density at radius 2 is 1.65 bits per heavy atom. The van der Waals surface area contributed by atoms with Crippen molar-refractivity contribution in [1.29, 1.82) is 0 Å². The molecule has 0 aliphatic heterocycles. The van der Waals surface area contributed by atoms with Crippen LogP contribution < -0.4 is 10.1 Å². The summed E-state index contributed by atoms with van der Waals surface area (Å²) in [6.07, 6.45) is 0. The largest absolute Gasteiger partial charge is 0.497 e. The minimum absolute atomic E-state index is 0.203. The van der Waals surface area contributed by atoms with Crippen LogP contribution >= 0.6 is 0 Å². The van der Waals surface area contributed by atoms with Gasteiger partial charge in [0.2, 0.25) is 0 Å². The first-order chi connectivity index (χ1) is 15.1. The zero-order valence-corrected chi connectivity index (χ0v) is 17.4. The van der Waals surface area contributed by atoms with Crippen LogP contribution in [0.2, 0.25) is 0 Å². The lowest BCUT2D eigenvalue weighted by Gasteiger charge is -2.13. The first-order valence-electron chi connectivity index (χ1n) is 10.0. The number of methoxy groups -OCH3 is 1. The molecule has 4 nitrogen and oxygen atoms in total. The Bertz CT molecular complexity index is 1200. The Morgan fingerprint density at radius 3 is 2.32 bits per heavy atom. The first-order valence-corrected chi connectivity index (χ1v) is 10.0. The van der Waals surface area contributed by atoms with Crippen molar-refractivity contribution in [1.82, 2.24) is 9.88 Å². The highest BCUT2D eigenvalue weighted by molar-refractivity contribution is 5.97. The molecule has 1 N–H and O–H groups in total. The quantitative estimate of drug-likeness (QED) is 0.451. The van der Waals surface area contributed by atoms with Crippen LogP contribution in [0.1, 0.15) is 21.6 Å². The molecule has 0 saturated carbocycles. The van der Waals surface area contributed by atoms with Crippen molar-refractivity contribution in [2.75, 3.05) is 7.11 Å². The molecule has 1 heterocycles. The van der Waals surface area contributed by atoms with E-state index in [4.69, 9.17) is 4.74 Å². The van der Waals surface area contributed by atoms with Gasteiger partial charge in [0.1, 0.15) is 11.6 Å². The minimum atomic E-state index is -0.354. The van der Waals surface area contributed by atoms with E-state index in [1.54, 1.807) is 29.9 Å². The number of para-hydroxylation sites is 1. The molecule has 5 heteroatoms. The number of nitrogens with zero attached hydrogens (tertiary/aromatic N) is 1. The molecule has 0 fully saturated rings. The molecule has 0 radical (unpaired) electrons. The molecule has 1 aromatic heterocycles. The number of benzene rings is 3. The molecule has 0 bridgehead atoms. The number of halogens is 1. The van der Waals surface area contributed by atoms with Gasteiger partial charge >= 0.3 is 0 Å². The van der Waals surface area contributed by atoms with Gasteiger partial charge in [-0.05, 0) is 60.5 Å². The van der Waals surface area contributed by atoms with Crippen molar-refractivity contribution in [2.24, 2.45) is 0 Å². The second-order valence-electron chi connectivity index (χ2n) is 7.21. The van der Waals surface area contributed by atoms with E-state index in [-0.39, 0.29) is 11.7 Å². The van der Waals surface area contributed by atoms with Gasteiger partial charge < -0.3 is 14.6 Å². The number of hydrogen-bond acceptors (Lipinski definition) is 2. The van der Waals surface area contributed by atoms with Gasteiger partial charge in [-0.2, -0.15) is 0 Å². The van der Waals surface area contributed by atoms with Gasteiger partial charge in [-0.3, -0.25) is 4.79 Å². The number of amides is 1. The molecule has 0 aliphatic carbocycles. The van der Waals surface area contributed by atoms with Crippen molar-refractivity contribution < 1.29 is 13.9 Å². The predicted molar refractivity (Wildman–Crippen MR) is 120 cm³/mol. The highest BCUT2D eigenvalue weighted by Crippen LogP contribution is 2.31. The molecule has 156 valence electrons. The normalized spacial score (nSPS) is 10.7. The summed E-state index contributed by atoms with van der Waals surface area (Å²) >= 11 is 0. The molecule has 3 aromatic carbocycles. The third-order valence-electron chi connectivity index (χ3n) is 5.27. The van der Waals surface area contributed by atoms with Crippen molar-refractivity contribution in [3.05, 3.63) is 108 Å². The molecule has 4 rings (SSSR count). The monoisotopic (exact) mass is 414 g/mol. The van der Waals surface area contributed by atoms with Crippen molar-refractivity contribution >= 4 is 5.91 Å². The topological polar surface area (TPSA) is 43.3 Å². The zero-order chi connectivity index (χ0) is 21.8. The van der Waals surface area contributed by atoms with Gasteiger partial charge in [0.25, 0.3) is 5.91 Å². The molecule has 0 unspecified atom stereocenters. The van der Waals surface area contributed by atoms with Crippen LogP contribution in [0.15, 0.2) is 84.9 Å². The van der Waals surface area contributed by atoms with Crippen LogP contribution in [0.3, 0.4) is 0 Å². The second kappa shape index (κ2) is 8.88. The number of aromatic nitrogens is 1. The van der Waals surface area contributed by atoms with Crippen LogP contribution in [-0.2, 0) is 6.54 Å². The van der Waals surface area contributed by atoms with E-state index >= 15 is 0 Å². The standard InChI is InChI=1S/C26H23FN2O2/c1-18-22(26(30)28-17-19-8-4-3-5-9-19)16-25(20-12-14-21(31-2)15-13-20)29(18)24-11-7-6-10-23(24)27/h3-16H,17H2,1-2H3,(H,28,30). The molecule has 0 atom stereocenters. The molecule has 0 spiro atoms. The third kappa shape index (κ3) is 4.21. The third-order valence-corrected chi connectivity index (χ3v) is 5.27. The molecule has 0 aliphatic rings. The zero-order valence-electron chi connectivity index (χ0n) is 17.4. The first kappa shape index (κ1) is 20.4. The summed E-state index contributed by atoms with van der Waals surface area (Å²) in [5, 5.41) is 2.97. The fourth-order valence-corrected chi connectivity index (χ4v) is 3.63. The molecule has 31 heavy (non-hydrogen) atoms. The Kier molecular flexibility index (Phi) is 5.85. The van der Waals surface area contributed by atoms with Gasteiger partial charge in [0.05, 0.1) is 24.1 Å². The number of nitrogens with one attached hydrogen (secondary N) is 1. The summed E-state index contributed by atoms with van der Waals surface area (Å²) in [5.74, 6) is 0.170. The lowest BCUT2D eigenvalue weighted by atomic mass is 10.1. The van der Waals surface area contributed by atoms with Crippen LogP contribution in [0, 0.1) is 12.7 Å². The van der Waals surface area contributed by atoms with Crippen molar-refractivity contribution in [3.63, 3.8) is 0 Å². The van der Waals surface area contributed by atoms with E-state index in [9.17, 15) is 9.18 Å². The molecule has 4 aromatic rings. The maximum atomic E-state index is 14.7. The summed E-state index contributed by atoms with van der Waals surface area (Å²) in [7, 11) is 1.61. The Labute approximate surface area is 180 Å². The average Bonchev–Trinajstić information content (AvgIpc) is 3.15. The van der Waals surface area contributed by atoms with E-state index in [2.05, 4.69) is 5.32 Å². The fourth-order valence-electron chi connectivity index (χ4n) is 3.63. The average molecular weight is 414 g/mol. The fraction of sp³-hybridized carbons (Fsp3) is 0.115. The molecular weight excluding hydrogens is 391 g/mol. The number of carbonyl (C=O) groups excluding carboxylic acids is 1. The van der Waals surface area contributed by atoms with Gasteiger partial charge in [-0.1, -0.05) is 42.5 Å². The summed E-state index contributed by atoms with van der Waals surface area (Å²) in [5.41, 5.74) is 4.17. The molecule has 0 saturated heterocycles. The Morgan fingerprint density at radius 1 is 0.968 bits per heavy atom. The summed E-state index contributed by atoms with van der Waals surface area (Å²) in [6, 6.07) is 25.6. The van der Waals surface area contributed by atoms with Crippen LogP contribution in [0.5, 0.6) is 5.75 Å². The van der Waals surface area contributed by atoms with Gasteiger partial charge in [0, 0.05) is 12.2 Å². The number of rotatable bonds is 6. The SMILES string of the molecule is COc1ccc(-c2cc(C(=O)NCc3ccccc3)c(C)n2-c2ccccc2F)cc1. The number of carbonyl (C=O) groups is 1. The summed E-state index contributed by atoms with van der Waals surface area (Å²) in [6.45, 7) is 2.25. The van der Waals surface area contributed by atoms with E-state index in [1.165, 1.54) is 6.07 Å². The van der Waals surface area contributed by atoms with Gasteiger partial charge in [0.15, 0.2) is 0 Å². The second-order valence-corrected chi connectivity index (χ2v) is 7.21.